The molecule has 1 aliphatic carbocycles. The molecule has 1 amide bonds. The molecular weight excluding hydrogens is 264 g/mol. The van der Waals surface area contributed by atoms with Gasteiger partial charge in [-0.1, -0.05) is 13.0 Å². The average molecular weight is 288 g/mol. The largest absolute Gasteiger partial charge is 0.481 e. The molecular formula is C17H24N2O2. The molecule has 1 aromatic carbocycles. The third-order valence-corrected chi connectivity index (χ3v) is 4.41. The maximum atomic E-state index is 11.9. The van der Waals surface area contributed by atoms with Crippen LogP contribution in [-0.2, 0) is 11.2 Å². The fraction of sp³-hybridized carbons (Fsp3) is 0.588. The molecule has 4 heteroatoms. The molecule has 0 bridgehead atoms. The van der Waals surface area contributed by atoms with E-state index in [1.807, 2.05) is 6.07 Å². The minimum Gasteiger partial charge on any atom is -0.481 e. The lowest BCUT2D eigenvalue weighted by Gasteiger charge is -2.17. The van der Waals surface area contributed by atoms with Gasteiger partial charge in [-0.3, -0.25) is 4.79 Å². The molecule has 21 heavy (non-hydrogen) atoms. The highest BCUT2D eigenvalue weighted by atomic mass is 16.5. The molecule has 114 valence electrons. The lowest BCUT2D eigenvalue weighted by Crippen LogP contribution is -2.36. The average Bonchev–Trinajstić information content (AvgIpc) is 2.77. The number of hydrogen-bond acceptors (Lipinski definition) is 3. The second kappa shape index (κ2) is 6.48. The monoisotopic (exact) mass is 288 g/mol. The summed E-state index contributed by atoms with van der Waals surface area (Å²) < 4.78 is 5.94. The molecule has 0 aromatic heterocycles. The Kier molecular flexibility index (Phi) is 4.44. The van der Waals surface area contributed by atoms with Crippen LogP contribution >= 0.6 is 0 Å². The van der Waals surface area contributed by atoms with Crippen molar-refractivity contribution >= 4 is 5.91 Å². The second-order valence-corrected chi connectivity index (χ2v) is 5.90. The van der Waals surface area contributed by atoms with Gasteiger partial charge in [-0.25, -0.2) is 0 Å². The number of nitrogens with one attached hydrogen (secondary N) is 2. The van der Waals surface area contributed by atoms with Crippen molar-refractivity contribution in [2.45, 2.75) is 51.2 Å². The van der Waals surface area contributed by atoms with Crippen molar-refractivity contribution in [1.82, 2.24) is 10.6 Å². The summed E-state index contributed by atoms with van der Waals surface area (Å²) in [5.41, 5.74) is 2.74. The van der Waals surface area contributed by atoms with Gasteiger partial charge in [0.25, 0.3) is 5.91 Å². The smallest absolute Gasteiger partial charge is 0.261 e. The van der Waals surface area contributed by atoms with Crippen LogP contribution in [0.15, 0.2) is 18.2 Å². The number of fused-ring (bicyclic) bond motifs is 1. The first-order valence-electron chi connectivity index (χ1n) is 8.08. The number of hydrogen-bond donors (Lipinski definition) is 2. The Morgan fingerprint density at radius 3 is 3.10 bits per heavy atom. The molecule has 1 fully saturated rings. The van der Waals surface area contributed by atoms with Crippen LogP contribution in [0.4, 0.5) is 0 Å². The zero-order valence-electron chi connectivity index (χ0n) is 12.7. The van der Waals surface area contributed by atoms with Gasteiger partial charge in [0.1, 0.15) is 5.75 Å². The summed E-state index contributed by atoms with van der Waals surface area (Å²) in [6.45, 7) is 3.90. The molecule has 1 aromatic rings. The fourth-order valence-electron chi connectivity index (χ4n) is 3.31. The zero-order chi connectivity index (χ0) is 14.7. The lowest BCUT2D eigenvalue weighted by atomic mass is 10.1. The number of rotatable bonds is 4. The predicted octanol–water partition coefficient (Wildman–Crippen LogP) is 2.33. The van der Waals surface area contributed by atoms with Crippen molar-refractivity contribution in [3.63, 3.8) is 0 Å². The minimum absolute atomic E-state index is 0.0264. The summed E-state index contributed by atoms with van der Waals surface area (Å²) >= 11 is 0. The van der Waals surface area contributed by atoms with Crippen LogP contribution in [0.1, 0.15) is 49.8 Å². The standard InChI is InChI=1S/C17H24N2O2/c1-2-18-15-9-6-12-11-13(7-8-14(12)15)21-16-5-3-4-10-19-17(16)20/h7-8,11,15-16,18H,2-6,9-10H2,1H3,(H,19,20). The summed E-state index contributed by atoms with van der Waals surface area (Å²) in [6, 6.07) is 6.75. The topological polar surface area (TPSA) is 50.4 Å². The van der Waals surface area contributed by atoms with Gasteiger partial charge < -0.3 is 15.4 Å². The van der Waals surface area contributed by atoms with Gasteiger partial charge in [0.15, 0.2) is 6.10 Å². The van der Waals surface area contributed by atoms with Crippen LogP contribution < -0.4 is 15.4 Å². The van der Waals surface area contributed by atoms with Crippen LogP contribution in [0.3, 0.4) is 0 Å². The molecule has 1 aliphatic heterocycles. The van der Waals surface area contributed by atoms with Crippen molar-refractivity contribution in [3.05, 3.63) is 29.3 Å². The van der Waals surface area contributed by atoms with Crippen molar-refractivity contribution in [2.24, 2.45) is 0 Å². The molecule has 1 heterocycles. The quantitative estimate of drug-likeness (QED) is 0.894. The first kappa shape index (κ1) is 14.4. The van der Waals surface area contributed by atoms with E-state index in [1.165, 1.54) is 11.1 Å². The van der Waals surface area contributed by atoms with Gasteiger partial charge >= 0.3 is 0 Å². The van der Waals surface area contributed by atoms with Gasteiger partial charge in [0.05, 0.1) is 0 Å². The molecule has 0 saturated carbocycles. The second-order valence-electron chi connectivity index (χ2n) is 5.90. The van der Waals surface area contributed by atoms with E-state index in [0.717, 1.165) is 50.9 Å². The Bertz CT molecular complexity index is 516. The SMILES string of the molecule is CCNC1CCc2cc(OC3CCCCNC3=O)ccc21. The number of aryl methyl sites for hydroxylation is 1. The van der Waals surface area contributed by atoms with Crippen molar-refractivity contribution in [2.75, 3.05) is 13.1 Å². The van der Waals surface area contributed by atoms with E-state index in [1.54, 1.807) is 0 Å². The maximum absolute atomic E-state index is 11.9. The van der Waals surface area contributed by atoms with E-state index < -0.39 is 0 Å². The number of benzene rings is 1. The molecule has 2 unspecified atom stereocenters. The van der Waals surface area contributed by atoms with Crippen LogP contribution in [-0.4, -0.2) is 25.1 Å². The van der Waals surface area contributed by atoms with E-state index in [0.29, 0.717) is 6.04 Å². The molecule has 3 rings (SSSR count). The highest BCUT2D eigenvalue weighted by Gasteiger charge is 2.25. The van der Waals surface area contributed by atoms with Gasteiger partial charge in [-0.15, -0.1) is 0 Å². The Morgan fingerprint density at radius 2 is 2.24 bits per heavy atom. The molecule has 0 spiro atoms. The molecule has 1 saturated heterocycles. The van der Waals surface area contributed by atoms with E-state index in [-0.39, 0.29) is 12.0 Å². The van der Waals surface area contributed by atoms with Gasteiger partial charge in [0, 0.05) is 12.6 Å². The molecule has 2 aliphatic rings. The van der Waals surface area contributed by atoms with Gasteiger partial charge in [0.2, 0.25) is 0 Å². The van der Waals surface area contributed by atoms with Crippen molar-refractivity contribution < 1.29 is 9.53 Å². The van der Waals surface area contributed by atoms with Crippen molar-refractivity contribution in [1.29, 1.82) is 0 Å². The fourth-order valence-corrected chi connectivity index (χ4v) is 3.31. The van der Waals surface area contributed by atoms with E-state index in [4.69, 9.17) is 4.74 Å². The van der Waals surface area contributed by atoms with Crippen LogP contribution in [0.2, 0.25) is 0 Å². The van der Waals surface area contributed by atoms with Crippen molar-refractivity contribution in [3.8, 4) is 5.75 Å². The Morgan fingerprint density at radius 1 is 1.33 bits per heavy atom. The van der Waals surface area contributed by atoms with Gasteiger partial charge in [-0.2, -0.15) is 0 Å². The maximum Gasteiger partial charge on any atom is 0.261 e. The summed E-state index contributed by atoms with van der Waals surface area (Å²) in [4.78, 5) is 11.9. The Balaban J connectivity index is 1.71. The minimum atomic E-state index is -0.337. The molecule has 4 nitrogen and oxygen atoms in total. The number of ether oxygens (including phenoxy) is 1. The third-order valence-electron chi connectivity index (χ3n) is 4.41. The Labute approximate surface area is 126 Å². The van der Waals surface area contributed by atoms with Gasteiger partial charge in [-0.05, 0) is 61.9 Å². The first-order chi connectivity index (χ1) is 10.3. The first-order valence-corrected chi connectivity index (χ1v) is 8.08. The Hall–Kier alpha value is -1.55. The van der Waals surface area contributed by atoms with E-state index >= 15 is 0 Å². The summed E-state index contributed by atoms with van der Waals surface area (Å²) in [7, 11) is 0. The summed E-state index contributed by atoms with van der Waals surface area (Å²) in [5, 5.41) is 6.43. The summed E-state index contributed by atoms with van der Waals surface area (Å²) in [6.07, 6.45) is 4.79. The van der Waals surface area contributed by atoms with Crippen LogP contribution in [0.25, 0.3) is 0 Å². The molecule has 2 atom stereocenters. The molecule has 0 radical (unpaired) electrons. The number of amides is 1. The predicted molar refractivity (Wildman–Crippen MR) is 82.5 cm³/mol. The lowest BCUT2D eigenvalue weighted by molar-refractivity contribution is -0.127. The normalized spacial score (nSPS) is 25.1. The van der Waals surface area contributed by atoms with E-state index in [9.17, 15) is 4.79 Å². The third kappa shape index (κ3) is 3.21. The highest BCUT2D eigenvalue weighted by Crippen LogP contribution is 2.33. The zero-order valence-corrected chi connectivity index (χ0v) is 12.7. The molecule has 2 N–H and O–H groups in total. The number of carbonyl (C=O) groups excluding carboxylic acids is 1. The number of carbonyl (C=O) groups is 1. The van der Waals surface area contributed by atoms with E-state index in [2.05, 4.69) is 29.7 Å². The highest BCUT2D eigenvalue weighted by molar-refractivity contribution is 5.81. The van der Waals surface area contributed by atoms with Crippen LogP contribution in [0, 0.1) is 0 Å². The van der Waals surface area contributed by atoms with Crippen LogP contribution in [0.5, 0.6) is 5.75 Å². The summed E-state index contributed by atoms with van der Waals surface area (Å²) in [5.74, 6) is 0.853.